The Labute approximate surface area is 99.3 Å². The summed E-state index contributed by atoms with van der Waals surface area (Å²) in [5.74, 6) is 0.192. The maximum Gasteiger partial charge on any atom is 0.209 e. The highest BCUT2D eigenvalue weighted by Gasteiger charge is 2.01. The molecular formula is C10H7BrN2OS. The SMILES string of the molecule is Oc1c(Br)cccc1C=Nc1nccs1. The Morgan fingerprint density at radius 1 is 1.47 bits per heavy atom. The lowest BCUT2D eigenvalue weighted by Crippen LogP contribution is -1.82. The Bertz CT molecular complexity index is 482. The molecule has 1 N–H and O–H groups in total. The van der Waals surface area contributed by atoms with E-state index in [0.717, 1.165) is 0 Å². The third-order valence-electron chi connectivity index (χ3n) is 1.75. The molecule has 2 rings (SSSR count). The number of rotatable bonds is 2. The first-order valence-corrected chi connectivity index (χ1v) is 5.85. The maximum absolute atomic E-state index is 9.67. The summed E-state index contributed by atoms with van der Waals surface area (Å²) in [6, 6.07) is 5.40. The topological polar surface area (TPSA) is 45.5 Å². The molecule has 76 valence electrons. The van der Waals surface area contributed by atoms with Crippen LogP contribution < -0.4 is 0 Å². The number of aromatic nitrogens is 1. The number of thiazole rings is 1. The standard InChI is InChI=1S/C10H7BrN2OS/c11-8-3-1-2-7(9(8)14)6-13-10-12-4-5-15-10/h1-6,14H. The van der Waals surface area contributed by atoms with E-state index in [2.05, 4.69) is 25.9 Å². The van der Waals surface area contributed by atoms with E-state index >= 15 is 0 Å². The summed E-state index contributed by atoms with van der Waals surface area (Å²) in [6.45, 7) is 0. The van der Waals surface area contributed by atoms with E-state index in [1.54, 1.807) is 24.5 Å². The minimum absolute atomic E-state index is 0.192. The zero-order valence-corrected chi connectivity index (χ0v) is 9.99. The lowest BCUT2D eigenvalue weighted by atomic mass is 10.2. The first-order valence-electron chi connectivity index (χ1n) is 4.18. The molecule has 0 unspecified atom stereocenters. The monoisotopic (exact) mass is 282 g/mol. The second kappa shape index (κ2) is 4.55. The Morgan fingerprint density at radius 2 is 2.33 bits per heavy atom. The number of hydrogen-bond donors (Lipinski definition) is 1. The van der Waals surface area contributed by atoms with Crippen LogP contribution in [0.5, 0.6) is 5.75 Å². The van der Waals surface area contributed by atoms with E-state index in [1.165, 1.54) is 11.3 Å². The van der Waals surface area contributed by atoms with Crippen LogP contribution in [0.2, 0.25) is 0 Å². The van der Waals surface area contributed by atoms with Gasteiger partial charge in [-0.25, -0.2) is 9.98 Å². The van der Waals surface area contributed by atoms with Gasteiger partial charge in [0.15, 0.2) is 0 Å². The molecule has 0 saturated heterocycles. The van der Waals surface area contributed by atoms with Crippen LogP contribution in [-0.2, 0) is 0 Å². The number of hydrogen-bond acceptors (Lipinski definition) is 4. The number of phenolic OH excluding ortho intramolecular Hbond substituents is 1. The third kappa shape index (κ3) is 2.43. The van der Waals surface area contributed by atoms with E-state index in [1.807, 2.05) is 11.4 Å². The molecule has 0 amide bonds. The van der Waals surface area contributed by atoms with E-state index in [4.69, 9.17) is 0 Å². The zero-order valence-electron chi connectivity index (χ0n) is 7.59. The van der Waals surface area contributed by atoms with Crippen LogP contribution in [0.4, 0.5) is 5.13 Å². The highest BCUT2D eigenvalue weighted by molar-refractivity contribution is 9.10. The van der Waals surface area contributed by atoms with Crippen LogP contribution >= 0.6 is 27.3 Å². The minimum atomic E-state index is 0.192. The van der Waals surface area contributed by atoms with Gasteiger partial charge in [0.1, 0.15) is 5.75 Å². The fraction of sp³-hybridized carbons (Fsp3) is 0. The molecular weight excluding hydrogens is 276 g/mol. The van der Waals surface area contributed by atoms with Gasteiger partial charge in [-0.2, -0.15) is 0 Å². The Kier molecular flexibility index (Phi) is 3.13. The van der Waals surface area contributed by atoms with Gasteiger partial charge in [-0.05, 0) is 28.1 Å². The van der Waals surface area contributed by atoms with Gasteiger partial charge in [0.2, 0.25) is 5.13 Å². The largest absolute Gasteiger partial charge is 0.506 e. The first-order chi connectivity index (χ1) is 7.27. The van der Waals surface area contributed by atoms with Crippen molar-refractivity contribution in [3.05, 3.63) is 39.8 Å². The van der Waals surface area contributed by atoms with Crippen molar-refractivity contribution in [3.8, 4) is 5.75 Å². The van der Waals surface area contributed by atoms with Gasteiger partial charge in [-0.3, -0.25) is 0 Å². The highest BCUT2D eigenvalue weighted by atomic mass is 79.9. The van der Waals surface area contributed by atoms with Crippen LogP contribution in [0.1, 0.15) is 5.56 Å². The second-order valence-corrected chi connectivity index (χ2v) is 4.48. The van der Waals surface area contributed by atoms with Crippen molar-refractivity contribution in [1.82, 2.24) is 4.98 Å². The molecule has 0 aliphatic carbocycles. The van der Waals surface area contributed by atoms with E-state index < -0.39 is 0 Å². The third-order valence-corrected chi connectivity index (χ3v) is 3.07. The maximum atomic E-state index is 9.67. The Hall–Kier alpha value is -1.20. The van der Waals surface area contributed by atoms with E-state index in [0.29, 0.717) is 15.2 Å². The molecule has 0 aliphatic heterocycles. The molecule has 5 heteroatoms. The molecule has 2 aromatic rings. The van der Waals surface area contributed by atoms with Crippen LogP contribution in [0.3, 0.4) is 0 Å². The smallest absolute Gasteiger partial charge is 0.209 e. The van der Waals surface area contributed by atoms with Crippen molar-refractivity contribution in [2.75, 3.05) is 0 Å². The summed E-state index contributed by atoms with van der Waals surface area (Å²) in [7, 11) is 0. The molecule has 15 heavy (non-hydrogen) atoms. The quantitative estimate of drug-likeness (QED) is 0.859. The van der Waals surface area contributed by atoms with Crippen LogP contribution in [0.25, 0.3) is 0 Å². The van der Waals surface area contributed by atoms with Gasteiger partial charge in [-0.1, -0.05) is 6.07 Å². The van der Waals surface area contributed by atoms with E-state index in [9.17, 15) is 5.11 Å². The van der Waals surface area contributed by atoms with Crippen LogP contribution in [0, 0.1) is 0 Å². The van der Waals surface area contributed by atoms with Gasteiger partial charge < -0.3 is 5.11 Å². The minimum Gasteiger partial charge on any atom is -0.506 e. The normalized spacial score (nSPS) is 11.0. The fourth-order valence-electron chi connectivity index (χ4n) is 1.04. The predicted molar refractivity (Wildman–Crippen MR) is 65.2 cm³/mol. The average molecular weight is 283 g/mol. The van der Waals surface area contributed by atoms with Gasteiger partial charge in [0.25, 0.3) is 0 Å². The van der Waals surface area contributed by atoms with Gasteiger partial charge in [0.05, 0.1) is 4.47 Å². The number of para-hydroxylation sites is 1. The molecule has 1 aromatic heterocycles. The van der Waals surface area contributed by atoms with E-state index in [-0.39, 0.29) is 5.75 Å². The van der Waals surface area contributed by atoms with Crippen molar-refractivity contribution in [3.63, 3.8) is 0 Å². The Morgan fingerprint density at radius 3 is 3.07 bits per heavy atom. The lowest BCUT2D eigenvalue weighted by molar-refractivity contribution is 0.471. The first kappa shape index (κ1) is 10.3. The van der Waals surface area contributed by atoms with Crippen molar-refractivity contribution in [1.29, 1.82) is 0 Å². The molecule has 0 saturated carbocycles. The summed E-state index contributed by atoms with van der Waals surface area (Å²) in [4.78, 5) is 8.15. The molecule has 0 spiro atoms. The molecule has 0 bridgehead atoms. The summed E-state index contributed by atoms with van der Waals surface area (Å²) in [5.41, 5.74) is 0.666. The number of aliphatic imine (C=N–C) groups is 1. The van der Waals surface area contributed by atoms with Gasteiger partial charge >= 0.3 is 0 Å². The number of aromatic hydroxyl groups is 1. The van der Waals surface area contributed by atoms with Crippen molar-refractivity contribution < 1.29 is 5.11 Å². The molecule has 0 fully saturated rings. The fourth-order valence-corrected chi connectivity index (χ4v) is 1.90. The molecule has 0 atom stereocenters. The summed E-state index contributed by atoms with van der Waals surface area (Å²) >= 11 is 4.69. The van der Waals surface area contributed by atoms with Gasteiger partial charge in [0, 0.05) is 23.4 Å². The highest BCUT2D eigenvalue weighted by Crippen LogP contribution is 2.26. The summed E-state index contributed by atoms with van der Waals surface area (Å²) in [6.07, 6.45) is 3.29. The van der Waals surface area contributed by atoms with Crippen molar-refractivity contribution >= 4 is 38.6 Å². The average Bonchev–Trinajstić information content (AvgIpc) is 2.73. The number of nitrogens with zero attached hydrogens (tertiary/aromatic N) is 2. The molecule has 0 radical (unpaired) electrons. The summed E-state index contributed by atoms with van der Waals surface area (Å²) in [5, 5.41) is 12.2. The Balaban J connectivity index is 2.28. The number of halogens is 1. The molecule has 0 aliphatic rings. The molecule has 3 nitrogen and oxygen atoms in total. The second-order valence-electron chi connectivity index (χ2n) is 2.75. The molecule has 1 aromatic carbocycles. The van der Waals surface area contributed by atoms with Crippen LogP contribution in [0.15, 0.2) is 39.2 Å². The number of phenols is 1. The molecule has 1 heterocycles. The van der Waals surface area contributed by atoms with Crippen LogP contribution in [-0.4, -0.2) is 16.3 Å². The van der Waals surface area contributed by atoms with Gasteiger partial charge in [-0.15, -0.1) is 11.3 Å². The zero-order chi connectivity index (χ0) is 10.7. The number of benzene rings is 1. The summed E-state index contributed by atoms with van der Waals surface area (Å²) < 4.78 is 0.658. The lowest BCUT2D eigenvalue weighted by Gasteiger charge is -1.99. The van der Waals surface area contributed by atoms with Crippen molar-refractivity contribution in [2.45, 2.75) is 0 Å². The van der Waals surface area contributed by atoms with Crippen molar-refractivity contribution in [2.24, 2.45) is 4.99 Å². The predicted octanol–water partition coefficient (Wildman–Crippen LogP) is 3.36.